The lowest BCUT2D eigenvalue weighted by Gasteiger charge is -2.29. The van der Waals surface area contributed by atoms with Crippen LogP contribution in [0, 0.1) is 19.8 Å². The summed E-state index contributed by atoms with van der Waals surface area (Å²) in [5.74, 6) is 0.549. The van der Waals surface area contributed by atoms with Crippen LogP contribution < -0.4 is 16.4 Å². The summed E-state index contributed by atoms with van der Waals surface area (Å²) >= 11 is 2.74. The first-order valence-corrected chi connectivity index (χ1v) is 10.9. The largest absolute Gasteiger partial charge is 0.383 e. The first-order valence-electron chi connectivity index (χ1n) is 9.11. The number of thioether (sulfide) groups is 1. The Balaban J connectivity index is 1.54. The molecule has 1 saturated carbocycles. The number of imide groups is 1. The molecule has 3 amide bonds. The van der Waals surface area contributed by atoms with Crippen LogP contribution in [0.1, 0.15) is 43.0 Å². The number of hydrogen-bond donors (Lipinski definition) is 3. The lowest BCUT2D eigenvalue weighted by molar-refractivity contribution is -0.117. The Labute approximate surface area is 166 Å². The molecule has 1 aliphatic rings. The molecule has 1 fully saturated rings. The van der Waals surface area contributed by atoms with E-state index in [0.29, 0.717) is 16.9 Å². The van der Waals surface area contributed by atoms with E-state index in [1.807, 2.05) is 13.8 Å². The van der Waals surface area contributed by atoms with E-state index in [9.17, 15) is 9.59 Å². The molecule has 2 heterocycles. The smallest absolute Gasteiger partial charge is 0.321 e. The number of thiophene rings is 1. The van der Waals surface area contributed by atoms with Crippen molar-refractivity contribution >= 4 is 51.1 Å². The normalized spacial score (nSPS) is 19.8. The van der Waals surface area contributed by atoms with Crippen LogP contribution in [0.4, 0.5) is 10.6 Å². The Bertz CT molecular complexity index is 867. The van der Waals surface area contributed by atoms with Crippen molar-refractivity contribution in [1.29, 1.82) is 0 Å². The van der Waals surface area contributed by atoms with Crippen LogP contribution in [0.25, 0.3) is 10.2 Å². The third-order valence-electron chi connectivity index (χ3n) is 5.05. The number of fused-ring (bicyclic) bond motifs is 1. The second-order valence-corrected chi connectivity index (χ2v) is 9.18. The summed E-state index contributed by atoms with van der Waals surface area (Å²) in [5.41, 5.74) is 7.15. The van der Waals surface area contributed by atoms with Crippen LogP contribution in [0.3, 0.4) is 0 Å². The molecule has 2 unspecified atom stereocenters. The van der Waals surface area contributed by atoms with Gasteiger partial charge in [0.1, 0.15) is 10.6 Å². The molecular formula is C18H25N5O2S2. The average Bonchev–Trinajstić information content (AvgIpc) is 2.89. The van der Waals surface area contributed by atoms with Gasteiger partial charge in [-0.1, -0.05) is 31.5 Å². The average molecular weight is 408 g/mol. The van der Waals surface area contributed by atoms with E-state index in [-0.39, 0.29) is 17.7 Å². The van der Waals surface area contributed by atoms with Gasteiger partial charge in [0.2, 0.25) is 5.91 Å². The fourth-order valence-electron chi connectivity index (χ4n) is 3.35. The monoisotopic (exact) mass is 407 g/mol. The van der Waals surface area contributed by atoms with E-state index in [1.165, 1.54) is 18.2 Å². The zero-order valence-electron chi connectivity index (χ0n) is 15.8. The van der Waals surface area contributed by atoms with E-state index >= 15 is 0 Å². The van der Waals surface area contributed by atoms with Crippen molar-refractivity contribution in [2.75, 3.05) is 11.5 Å². The summed E-state index contributed by atoms with van der Waals surface area (Å²) in [6, 6.07) is -0.296. The van der Waals surface area contributed by atoms with Gasteiger partial charge >= 0.3 is 6.03 Å². The van der Waals surface area contributed by atoms with Gasteiger partial charge in [-0.3, -0.25) is 10.1 Å². The number of urea groups is 1. The quantitative estimate of drug-likeness (QED) is 0.529. The maximum absolute atomic E-state index is 12.1. The highest BCUT2D eigenvalue weighted by Crippen LogP contribution is 2.33. The first kappa shape index (κ1) is 19.9. The fourth-order valence-corrected chi connectivity index (χ4v) is 5.10. The van der Waals surface area contributed by atoms with Crippen LogP contribution in [0.15, 0.2) is 5.16 Å². The Morgan fingerprint density at radius 1 is 1.26 bits per heavy atom. The predicted molar refractivity (Wildman–Crippen MR) is 110 cm³/mol. The molecule has 7 nitrogen and oxygen atoms in total. The molecule has 0 bridgehead atoms. The van der Waals surface area contributed by atoms with Gasteiger partial charge in [-0.2, -0.15) is 0 Å². The molecule has 0 spiro atoms. The summed E-state index contributed by atoms with van der Waals surface area (Å²) in [6.45, 7) is 6.15. The third-order valence-corrected chi connectivity index (χ3v) is 7.00. The molecule has 27 heavy (non-hydrogen) atoms. The zero-order chi connectivity index (χ0) is 19.6. The molecule has 9 heteroatoms. The van der Waals surface area contributed by atoms with Gasteiger partial charge < -0.3 is 11.1 Å². The summed E-state index contributed by atoms with van der Waals surface area (Å²) in [7, 11) is 0. The number of anilines is 1. The molecular weight excluding hydrogens is 382 g/mol. The van der Waals surface area contributed by atoms with Gasteiger partial charge in [-0.05, 0) is 38.2 Å². The molecule has 2 atom stereocenters. The minimum absolute atomic E-state index is 0.0575. The zero-order valence-corrected chi connectivity index (χ0v) is 17.4. The molecule has 2 aromatic rings. The maximum atomic E-state index is 12.1. The molecule has 3 rings (SSSR count). The first-order chi connectivity index (χ1) is 12.8. The summed E-state index contributed by atoms with van der Waals surface area (Å²) in [4.78, 5) is 34.9. The van der Waals surface area contributed by atoms with Crippen molar-refractivity contribution in [2.24, 2.45) is 5.92 Å². The van der Waals surface area contributed by atoms with Gasteiger partial charge in [0.25, 0.3) is 0 Å². The number of aromatic nitrogens is 2. The standard InChI is InChI=1S/C18H25N5O2S2/c1-9-6-4-5-7-12(9)20-17(25)21-13(24)8-26-18-22-15(19)14-10(2)11(3)27-16(14)23-18/h9,12H,4-8H2,1-3H3,(H2,19,22,23)(H2,20,21,24,25). The lowest BCUT2D eigenvalue weighted by Crippen LogP contribution is -2.48. The van der Waals surface area contributed by atoms with Gasteiger partial charge in [0.05, 0.1) is 11.1 Å². The number of amides is 3. The third kappa shape index (κ3) is 4.70. The van der Waals surface area contributed by atoms with Crippen molar-refractivity contribution in [3.05, 3.63) is 10.4 Å². The Morgan fingerprint density at radius 3 is 2.74 bits per heavy atom. The number of nitrogen functional groups attached to an aromatic ring is 1. The Kier molecular flexibility index (Phi) is 6.21. The molecule has 0 aromatic carbocycles. The molecule has 0 saturated heterocycles. The lowest BCUT2D eigenvalue weighted by atomic mass is 9.86. The van der Waals surface area contributed by atoms with Crippen LogP contribution in [-0.2, 0) is 4.79 Å². The van der Waals surface area contributed by atoms with Gasteiger partial charge in [-0.15, -0.1) is 11.3 Å². The van der Waals surface area contributed by atoms with Gasteiger partial charge in [0.15, 0.2) is 5.16 Å². The fraction of sp³-hybridized carbons (Fsp3) is 0.556. The molecule has 4 N–H and O–H groups in total. The number of carbonyl (C=O) groups excluding carboxylic acids is 2. The minimum atomic E-state index is -0.431. The Hall–Kier alpha value is -1.87. The summed E-state index contributed by atoms with van der Waals surface area (Å²) in [5, 5.41) is 6.62. The van der Waals surface area contributed by atoms with E-state index in [2.05, 4.69) is 27.5 Å². The van der Waals surface area contributed by atoms with Crippen LogP contribution in [0.2, 0.25) is 0 Å². The van der Waals surface area contributed by atoms with Crippen molar-refractivity contribution < 1.29 is 9.59 Å². The molecule has 0 radical (unpaired) electrons. The molecule has 0 aliphatic heterocycles. The topological polar surface area (TPSA) is 110 Å². The van der Waals surface area contributed by atoms with Gasteiger partial charge in [-0.25, -0.2) is 14.8 Å². The highest BCUT2D eigenvalue weighted by Gasteiger charge is 2.23. The number of nitrogens with two attached hydrogens (primary N) is 1. The predicted octanol–water partition coefficient (Wildman–Crippen LogP) is 3.39. The highest BCUT2D eigenvalue weighted by molar-refractivity contribution is 7.99. The number of carbonyl (C=O) groups is 2. The maximum Gasteiger partial charge on any atom is 0.321 e. The van der Waals surface area contributed by atoms with Crippen molar-refractivity contribution in [1.82, 2.24) is 20.6 Å². The van der Waals surface area contributed by atoms with Crippen molar-refractivity contribution in [3.63, 3.8) is 0 Å². The number of nitrogens with zero attached hydrogens (tertiary/aromatic N) is 2. The number of aryl methyl sites for hydroxylation is 2. The molecule has 1 aliphatic carbocycles. The number of hydrogen-bond acceptors (Lipinski definition) is 7. The SMILES string of the molecule is Cc1sc2nc(SCC(=O)NC(=O)NC3CCCCC3C)nc(N)c2c1C. The minimum Gasteiger partial charge on any atom is -0.383 e. The van der Waals surface area contributed by atoms with Crippen LogP contribution >= 0.6 is 23.1 Å². The van der Waals surface area contributed by atoms with Crippen molar-refractivity contribution in [3.8, 4) is 0 Å². The van der Waals surface area contributed by atoms with Crippen molar-refractivity contribution in [2.45, 2.75) is 57.7 Å². The second-order valence-electron chi connectivity index (χ2n) is 7.03. The second kappa shape index (κ2) is 8.43. The van der Waals surface area contributed by atoms with Crippen LogP contribution in [0.5, 0.6) is 0 Å². The summed E-state index contributed by atoms with van der Waals surface area (Å²) in [6.07, 6.45) is 4.39. The van der Waals surface area contributed by atoms with Gasteiger partial charge in [0, 0.05) is 10.9 Å². The molecule has 146 valence electrons. The molecule has 2 aromatic heterocycles. The van der Waals surface area contributed by atoms with Crippen LogP contribution in [-0.4, -0.2) is 33.7 Å². The van der Waals surface area contributed by atoms with E-state index in [4.69, 9.17) is 5.73 Å². The Morgan fingerprint density at radius 2 is 2.00 bits per heavy atom. The number of rotatable bonds is 4. The van der Waals surface area contributed by atoms with E-state index < -0.39 is 6.03 Å². The number of nitrogens with one attached hydrogen (secondary N) is 2. The van der Waals surface area contributed by atoms with E-state index in [1.54, 1.807) is 11.3 Å². The summed E-state index contributed by atoms with van der Waals surface area (Å²) < 4.78 is 0. The highest BCUT2D eigenvalue weighted by atomic mass is 32.2. The van der Waals surface area contributed by atoms with E-state index in [0.717, 1.165) is 39.9 Å².